The smallest absolute Gasteiger partial charge is 0.231 e. The first-order valence-corrected chi connectivity index (χ1v) is 9.01. The van der Waals surface area contributed by atoms with E-state index in [0.29, 0.717) is 11.0 Å². The third-order valence-electron chi connectivity index (χ3n) is 4.86. The first-order valence-electron chi connectivity index (χ1n) is 8.19. The van der Waals surface area contributed by atoms with Gasteiger partial charge in [-0.25, -0.2) is 4.98 Å². The van der Waals surface area contributed by atoms with Crippen LogP contribution < -0.4 is 10.6 Å². The molecule has 1 aromatic heterocycles. The number of anilines is 1. The van der Waals surface area contributed by atoms with Crippen LogP contribution in [0.15, 0.2) is 6.20 Å². The van der Waals surface area contributed by atoms with Gasteiger partial charge in [0.1, 0.15) is 0 Å². The Morgan fingerprint density at radius 3 is 2.82 bits per heavy atom. The molecule has 2 N–H and O–H groups in total. The Kier molecular flexibility index (Phi) is 4.94. The Hall–Kier alpha value is -1.61. The summed E-state index contributed by atoms with van der Waals surface area (Å²) in [6, 6.07) is -0.0252. The molecule has 2 saturated carbocycles. The maximum Gasteiger partial charge on any atom is 0.231 e. The first-order chi connectivity index (χ1) is 10.8. The zero-order valence-corrected chi connectivity index (χ0v) is 13.5. The van der Waals surface area contributed by atoms with Gasteiger partial charge in [-0.15, -0.1) is 11.3 Å². The summed E-state index contributed by atoms with van der Waals surface area (Å²) in [4.78, 5) is 18.1. The first kappa shape index (κ1) is 15.3. The lowest BCUT2D eigenvalue weighted by atomic mass is 9.89. The van der Waals surface area contributed by atoms with Crippen molar-refractivity contribution in [3.05, 3.63) is 11.1 Å². The van der Waals surface area contributed by atoms with Crippen molar-refractivity contribution in [1.29, 1.82) is 5.26 Å². The summed E-state index contributed by atoms with van der Waals surface area (Å²) in [5.41, 5.74) is 0. The number of nitrogens with zero attached hydrogens (tertiary/aromatic N) is 2. The van der Waals surface area contributed by atoms with Crippen molar-refractivity contribution in [2.24, 2.45) is 5.92 Å². The van der Waals surface area contributed by atoms with Crippen molar-refractivity contribution in [2.45, 2.75) is 63.3 Å². The van der Waals surface area contributed by atoms with Crippen molar-refractivity contribution in [1.82, 2.24) is 10.3 Å². The van der Waals surface area contributed by atoms with E-state index in [-0.39, 0.29) is 17.9 Å². The van der Waals surface area contributed by atoms with Crippen molar-refractivity contribution >= 4 is 22.4 Å². The van der Waals surface area contributed by atoms with Crippen molar-refractivity contribution in [3.8, 4) is 6.19 Å². The summed E-state index contributed by atoms with van der Waals surface area (Å²) in [7, 11) is 0. The van der Waals surface area contributed by atoms with E-state index >= 15 is 0 Å². The molecule has 1 heterocycles. The lowest BCUT2D eigenvalue weighted by Gasteiger charge is -2.19. The molecule has 6 heteroatoms. The van der Waals surface area contributed by atoms with E-state index < -0.39 is 0 Å². The maximum absolute atomic E-state index is 12.4. The van der Waals surface area contributed by atoms with Crippen molar-refractivity contribution in [2.75, 3.05) is 5.32 Å². The molecule has 2 fully saturated rings. The summed E-state index contributed by atoms with van der Waals surface area (Å²) >= 11 is 1.61. The predicted molar refractivity (Wildman–Crippen MR) is 86.4 cm³/mol. The lowest BCUT2D eigenvalue weighted by molar-refractivity contribution is -0.120. The molecule has 2 atom stereocenters. The Morgan fingerprint density at radius 2 is 2.05 bits per heavy atom. The van der Waals surface area contributed by atoms with Crippen LogP contribution in [0.1, 0.15) is 62.2 Å². The molecule has 0 radical (unpaired) electrons. The van der Waals surface area contributed by atoms with Gasteiger partial charge >= 0.3 is 0 Å². The molecule has 0 saturated heterocycles. The number of nitriles is 1. The number of thiazole rings is 1. The molecule has 5 nitrogen and oxygen atoms in total. The fourth-order valence-electron chi connectivity index (χ4n) is 3.65. The second-order valence-corrected chi connectivity index (χ2v) is 7.35. The number of carbonyl (C=O) groups is 1. The van der Waals surface area contributed by atoms with Gasteiger partial charge in [-0.3, -0.25) is 4.79 Å². The molecule has 0 spiro atoms. The number of carbonyl (C=O) groups excluding carboxylic acids is 1. The van der Waals surface area contributed by atoms with Gasteiger partial charge in [-0.1, -0.05) is 25.7 Å². The SMILES string of the molecule is N#CNC1CCC[C@H]1C(=O)Nc1ncc(C2CCCCC2)s1. The quantitative estimate of drug-likeness (QED) is 0.659. The van der Waals surface area contributed by atoms with Gasteiger partial charge in [0.2, 0.25) is 5.91 Å². The summed E-state index contributed by atoms with van der Waals surface area (Å²) in [5, 5.41) is 15.2. The second kappa shape index (κ2) is 7.10. The fourth-order valence-corrected chi connectivity index (χ4v) is 4.64. The van der Waals surface area contributed by atoms with E-state index in [1.165, 1.54) is 37.0 Å². The van der Waals surface area contributed by atoms with E-state index in [1.807, 2.05) is 12.4 Å². The molecule has 22 heavy (non-hydrogen) atoms. The summed E-state index contributed by atoms with van der Waals surface area (Å²) in [5.74, 6) is 0.493. The van der Waals surface area contributed by atoms with Gasteiger partial charge in [0.25, 0.3) is 0 Å². The average molecular weight is 318 g/mol. The second-order valence-electron chi connectivity index (χ2n) is 6.29. The highest BCUT2D eigenvalue weighted by Crippen LogP contribution is 2.37. The summed E-state index contributed by atoms with van der Waals surface area (Å²) < 4.78 is 0. The van der Waals surface area contributed by atoms with Gasteiger partial charge in [0.05, 0.1) is 5.92 Å². The van der Waals surface area contributed by atoms with E-state index in [9.17, 15) is 4.79 Å². The molecular weight excluding hydrogens is 296 g/mol. The van der Waals surface area contributed by atoms with Crippen LogP contribution in [0.4, 0.5) is 5.13 Å². The molecule has 0 aromatic carbocycles. The highest BCUT2D eigenvalue weighted by molar-refractivity contribution is 7.15. The highest BCUT2D eigenvalue weighted by Gasteiger charge is 2.33. The van der Waals surface area contributed by atoms with Crippen LogP contribution in [-0.4, -0.2) is 16.9 Å². The Labute approximate surface area is 135 Å². The van der Waals surface area contributed by atoms with Crippen molar-refractivity contribution < 1.29 is 4.79 Å². The normalized spacial score (nSPS) is 25.6. The van der Waals surface area contributed by atoms with Gasteiger partial charge in [0.15, 0.2) is 11.3 Å². The van der Waals surface area contributed by atoms with E-state index in [1.54, 1.807) is 11.3 Å². The Balaban J connectivity index is 1.60. The van der Waals surface area contributed by atoms with Gasteiger partial charge in [-0.05, 0) is 31.6 Å². The molecular formula is C16H22N4OS. The fraction of sp³-hybridized carbons (Fsp3) is 0.688. The predicted octanol–water partition coefficient (Wildman–Crippen LogP) is 3.37. The number of nitrogens with one attached hydrogen (secondary N) is 2. The third kappa shape index (κ3) is 3.41. The van der Waals surface area contributed by atoms with E-state index in [0.717, 1.165) is 19.3 Å². The largest absolute Gasteiger partial charge is 0.320 e. The molecule has 1 unspecified atom stereocenters. The standard InChI is InChI=1S/C16H22N4OS/c17-10-19-13-8-4-7-12(13)15(21)20-16-18-9-14(22-16)11-5-2-1-3-6-11/h9,11-13,19H,1-8H2,(H,18,20,21)/t12-,13?/m1/s1. The summed E-state index contributed by atoms with van der Waals surface area (Å²) in [6.07, 6.45) is 13.0. The maximum atomic E-state index is 12.4. The van der Waals surface area contributed by atoms with Crippen LogP contribution in [0.2, 0.25) is 0 Å². The van der Waals surface area contributed by atoms with Crippen LogP contribution in [0.25, 0.3) is 0 Å². The van der Waals surface area contributed by atoms with Crippen LogP contribution >= 0.6 is 11.3 Å². The van der Waals surface area contributed by atoms with Gasteiger partial charge < -0.3 is 10.6 Å². The van der Waals surface area contributed by atoms with Crippen LogP contribution in [0.3, 0.4) is 0 Å². The number of rotatable bonds is 4. The highest BCUT2D eigenvalue weighted by atomic mass is 32.1. The van der Waals surface area contributed by atoms with Crippen LogP contribution in [-0.2, 0) is 4.79 Å². The Morgan fingerprint density at radius 1 is 1.23 bits per heavy atom. The topological polar surface area (TPSA) is 77.8 Å². The van der Waals surface area contributed by atoms with Crippen molar-refractivity contribution in [3.63, 3.8) is 0 Å². The number of hydrogen-bond donors (Lipinski definition) is 2. The molecule has 2 aliphatic carbocycles. The third-order valence-corrected chi connectivity index (χ3v) is 5.94. The molecule has 1 amide bonds. The van der Waals surface area contributed by atoms with E-state index in [2.05, 4.69) is 15.6 Å². The minimum Gasteiger partial charge on any atom is -0.320 e. The van der Waals surface area contributed by atoms with Gasteiger partial charge in [-0.2, -0.15) is 5.26 Å². The molecule has 118 valence electrons. The molecule has 0 bridgehead atoms. The summed E-state index contributed by atoms with van der Waals surface area (Å²) in [6.45, 7) is 0. The van der Waals surface area contributed by atoms with Gasteiger partial charge in [0, 0.05) is 17.1 Å². The molecule has 1 aromatic rings. The van der Waals surface area contributed by atoms with Crippen LogP contribution in [0, 0.1) is 17.4 Å². The minimum absolute atomic E-state index is 0.00482. The minimum atomic E-state index is -0.123. The number of amides is 1. The molecule has 3 rings (SSSR count). The lowest BCUT2D eigenvalue weighted by Crippen LogP contribution is -2.36. The number of aromatic nitrogens is 1. The zero-order chi connectivity index (χ0) is 15.4. The Bertz CT molecular complexity index is 559. The monoisotopic (exact) mass is 318 g/mol. The molecule has 2 aliphatic rings. The number of hydrogen-bond acceptors (Lipinski definition) is 5. The van der Waals surface area contributed by atoms with Crippen LogP contribution in [0.5, 0.6) is 0 Å². The zero-order valence-electron chi connectivity index (χ0n) is 12.7. The average Bonchev–Trinajstić information content (AvgIpc) is 3.18. The molecule has 0 aliphatic heterocycles. The van der Waals surface area contributed by atoms with E-state index in [4.69, 9.17) is 5.26 Å².